The third-order valence-electron chi connectivity index (χ3n) is 2.30. The highest BCUT2D eigenvalue weighted by Gasteiger charge is 2.25. The van der Waals surface area contributed by atoms with Crippen molar-refractivity contribution in [1.82, 2.24) is 9.78 Å². The second kappa shape index (κ2) is 4.48. The second-order valence-electron chi connectivity index (χ2n) is 4.90. The predicted octanol–water partition coefficient (Wildman–Crippen LogP) is 2.20. The van der Waals surface area contributed by atoms with E-state index < -0.39 is 0 Å². The summed E-state index contributed by atoms with van der Waals surface area (Å²) >= 11 is 0. The number of carbonyl (C=O) groups is 1. The molecular weight excluding hydrogens is 202 g/mol. The molecule has 86 valence electrons. The van der Waals surface area contributed by atoms with E-state index in [-0.39, 0.29) is 24.0 Å². The normalized spacial score (nSPS) is 11.2. The summed E-state index contributed by atoms with van der Waals surface area (Å²) in [4.78, 5) is 11.9. The Morgan fingerprint density at radius 3 is 2.69 bits per heavy atom. The Hall–Kier alpha value is -1.63. The molecule has 0 amide bonds. The first-order valence-corrected chi connectivity index (χ1v) is 5.30. The van der Waals surface area contributed by atoms with Crippen LogP contribution in [-0.4, -0.2) is 15.6 Å². The van der Waals surface area contributed by atoms with Gasteiger partial charge in [0, 0.05) is 31.5 Å². The number of nitrogens with zero attached hydrogens (tertiary/aromatic N) is 3. The molecule has 0 aromatic carbocycles. The zero-order valence-electron chi connectivity index (χ0n) is 10.2. The molecule has 1 heterocycles. The summed E-state index contributed by atoms with van der Waals surface area (Å²) in [5.74, 6) is -0.000394. The van der Waals surface area contributed by atoms with Crippen LogP contribution in [0.15, 0.2) is 6.20 Å². The van der Waals surface area contributed by atoms with Crippen molar-refractivity contribution in [3.05, 3.63) is 17.5 Å². The van der Waals surface area contributed by atoms with Crippen LogP contribution in [0.3, 0.4) is 0 Å². The largest absolute Gasteiger partial charge is 0.294 e. The number of Topliss-reactive ketones (excluding diaryl/α,β-unsaturated/α-hetero) is 1. The number of aryl methyl sites for hydroxylation is 1. The van der Waals surface area contributed by atoms with Crippen molar-refractivity contribution in [2.45, 2.75) is 39.0 Å². The quantitative estimate of drug-likeness (QED) is 0.732. The SMILES string of the molecule is Cn1cc(C(=O)CCC#N)c(C(C)(C)C)n1. The van der Waals surface area contributed by atoms with E-state index in [0.29, 0.717) is 5.56 Å². The van der Waals surface area contributed by atoms with Gasteiger partial charge in [-0.3, -0.25) is 9.48 Å². The van der Waals surface area contributed by atoms with Crippen LogP contribution in [0, 0.1) is 11.3 Å². The first-order valence-electron chi connectivity index (χ1n) is 5.30. The number of hydrogen-bond acceptors (Lipinski definition) is 3. The van der Waals surface area contributed by atoms with Gasteiger partial charge in [0.05, 0.1) is 17.3 Å². The van der Waals surface area contributed by atoms with E-state index in [2.05, 4.69) is 5.10 Å². The molecule has 0 aliphatic carbocycles. The van der Waals surface area contributed by atoms with Gasteiger partial charge in [0.1, 0.15) is 0 Å². The van der Waals surface area contributed by atoms with Crippen LogP contribution < -0.4 is 0 Å². The third kappa shape index (κ3) is 2.69. The highest BCUT2D eigenvalue weighted by molar-refractivity contribution is 5.97. The predicted molar refractivity (Wildman–Crippen MR) is 61.1 cm³/mol. The van der Waals surface area contributed by atoms with Crippen LogP contribution in [0.4, 0.5) is 0 Å². The smallest absolute Gasteiger partial charge is 0.167 e. The summed E-state index contributed by atoms with van der Waals surface area (Å²) in [6.45, 7) is 6.07. The average Bonchev–Trinajstić information content (AvgIpc) is 2.56. The van der Waals surface area contributed by atoms with Gasteiger partial charge in [0.2, 0.25) is 0 Å². The molecule has 16 heavy (non-hydrogen) atoms. The van der Waals surface area contributed by atoms with Crippen LogP contribution in [0.25, 0.3) is 0 Å². The van der Waals surface area contributed by atoms with Gasteiger partial charge in [0.15, 0.2) is 5.78 Å². The monoisotopic (exact) mass is 219 g/mol. The Morgan fingerprint density at radius 1 is 1.56 bits per heavy atom. The van der Waals surface area contributed by atoms with Gasteiger partial charge in [0.25, 0.3) is 0 Å². The van der Waals surface area contributed by atoms with Crippen molar-refractivity contribution in [2.24, 2.45) is 7.05 Å². The number of ketones is 1. The maximum Gasteiger partial charge on any atom is 0.167 e. The molecule has 1 rings (SSSR count). The van der Waals surface area contributed by atoms with Crippen molar-refractivity contribution in [3.8, 4) is 6.07 Å². The Labute approximate surface area is 95.9 Å². The molecule has 0 radical (unpaired) electrons. The van der Waals surface area contributed by atoms with Crippen LogP contribution in [0.5, 0.6) is 0 Å². The van der Waals surface area contributed by atoms with E-state index in [9.17, 15) is 4.79 Å². The van der Waals surface area contributed by atoms with Gasteiger partial charge < -0.3 is 0 Å². The van der Waals surface area contributed by atoms with Gasteiger partial charge in [-0.1, -0.05) is 20.8 Å². The lowest BCUT2D eigenvalue weighted by molar-refractivity contribution is 0.0982. The number of carbonyl (C=O) groups excluding carboxylic acids is 1. The highest BCUT2D eigenvalue weighted by Crippen LogP contribution is 2.25. The van der Waals surface area contributed by atoms with E-state index in [4.69, 9.17) is 5.26 Å². The van der Waals surface area contributed by atoms with Gasteiger partial charge >= 0.3 is 0 Å². The zero-order chi connectivity index (χ0) is 12.3. The van der Waals surface area contributed by atoms with E-state index in [1.165, 1.54) is 0 Å². The minimum absolute atomic E-state index is 0.000394. The summed E-state index contributed by atoms with van der Waals surface area (Å²) < 4.78 is 1.65. The molecule has 1 aromatic rings. The molecule has 0 saturated carbocycles. The van der Waals surface area contributed by atoms with Gasteiger partial charge in [-0.05, 0) is 0 Å². The minimum Gasteiger partial charge on any atom is -0.294 e. The lowest BCUT2D eigenvalue weighted by atomic mass is 9.88. The summed E-state index contributed by atoms with van der Waals surface area (Å²) in [5, 5.41) is 12.8. The van der Waals surface area contributed by atoms with Crippen LogP contribution >= 0.6 is 0 Å². The Bertz CT molecular complexity index is 432. The molecule has 0 atom stereocenters. The molecule has 0 unspecified atom stereocenters. The van der Waals surface area contributed by atoms with Crippen molar-refractivity contribution in [2.75, 3.05) is 0 Å². The Kier molecular flexibility index (Phi) is 3.48. The number of aromatic nitrogens is 2. The van der Waals surface area contributed by atoms with Crippen molar-refractivity contribution >= 4 is 5.78 Å². The first kappa shape index (κ1) is 12.4. The van der Waals surface area contributed by atoms with Crippen molar-refractivity contribution in [3.63, 3.8) is 0 Å². The first-order chi connectivity index (χ1) is 7.36. The molecule has 4 nitrogen and oxygen atoms in total. The molecule has 0 N–H and O–H groups in total. The molecule has 0 spiro atoms. The fourth-order valence-corrected chi connectivity index (χ4v) is 1.55. The van der Waals surface area contributed by atoms with Crippen molar-refractivity contribution < 1.29 is 4.79 Å². The minimum atomic E-state index is -0.154. The van der Waals surface area contributed by atoms with E-state index in [1.807, 2.05) is 26.8 Å². The maximum absolute atomic E-state index is 11.9. The molecule has 0 bridgehead atoms. The molecular formula is C12H17N3O. The topological polar surface area (TPSA) is 58.7 Å². The fraction of sp³-hybridized carbons (Fsp3) is 0.583. The number of hydrogen-bond donors (Lipinski definition) is 0. The zero-order valence-corrected chi connectivity index (χ0v) is 10.2. The van der Waals surface area contributed by atoms with Gasteiger partial charge in [-0.25, -0.2) is 0 Å². The van der Waals surface area contributed by atoms with E-state index in [0.717, 1.165) is 5.69 Å². The molecule has 1 aromatic heterocycles. The molecule has 0 fully saturated rings. The standard InChI is InChI=1S/C12H17N3O/c1-12(2,3)11-9(8-15(4)14-11)10(16)6-5-7-13/h8H,5-6H2,1-4H3. The van der Waals surface area contributed by atoms with Gasteiger partial charge in [-0.15, -0.1) is 0 Å². The highest BCUT2D eigenvalue weighted by atomic mass is 16.1. The summed E-state index contributed by atoms with van der Waals surface area (Å²) in [7, 11) is 1.80. The van der Waals surface area contributed by atoms with E-state index >= 15 is 0 Å². The number of rotatable bonds is 3. The maximum atomic E-state index is 11.9. The summed E-state index contributed by atoms with van der Waals surface area (Å²) in [6.07, 6.45) is 2.27. The molecule has 0 aliphatic rings. The van der Waals surface area contributed by atoms with Crippen LogP contribution in [-0.2, 0) is 12.5 Å². The van der Waals surface area contributed by atoms with E-state index in [1.54, 1.807) is 17.9 Å². The average molecular weight is 219 g/mol. The molecule has 0 aliphatic heterocycles. The van der Waals surface area contributed by atoms with Crippen LogP contribution in [0.1, 0.15) is 49.7 Å². The lowest BCUT2D eigenvalue weighted by Gasteiger charge is -2.16. The Morgan fingerprint density at radius 2 is 2.19 bits per heavy atom. The molecule has 0 saturated heterocycles. The van der Waals surface area contributed by atoms with Crippen LogP contribution in [0.2, 0.25) is 0 Å². The lowest BCUT2D eigenvalue weighted by Crippen LogP contribution is -2.16. The molecule has 4 heteroatoms. The fourth-order valence-electron chi connectivity index (χ4n) is 1.55. The summed E-state index contributed by atoms with van der Waals surface area (Å²) in [5.41, 5.74) is 1.29. The van der Waals surface area contributed by atoms with Gasteiger partial charge in [-0.2, -0.15) is 10.4 Å². The summed E-state index contributed by atoms with van der Waals surface area (Å²) in [6, 6.07) is 1.99. The number of nitriles is 1. The third-order valence-corrected chi connectivity index (χ3v) is 2.30. The van der Waals surface area contributed by atoms with Crippen molar-refractivity contribution in [1.29, 1.82) is 5.26 Å². The Balaban J connectivity index is 3.05. The second-order valence-corrected chi connectivity index (χ2v) is 4.90.